The zero-order chi connectivity index (χ0) is 15.6. The first-order chi connectivity index (χ1) is 9.97. The molecule has 112 valence electrons. The molecule has 1 atom stereocenters. The van der Waals surface area contributed by atoms with Crippen molar-refractivity contribution in [1.29, 1.82) is 0 Å². The van der Waals surface area contributed by atoms with Gasteiger partial charge >= 0.3 is 0 Å². The summed E-state index contributed by atoms with van der Waals surface area (Å²) in [5.74, 6) is -0.151. The van der Waals surface area contributed by atoms with Gasteiger partial charge in [0.2, 0.25) is 0 Å². The van der Waals surface area contributed by atoms with Gasteiger partial charge in [-0.15, -0.1) is 0 Å². The number of hydrogen-bond acceptors (Lipinski definition) is 1. The molecule has 1 nitrogen and oxygen atoms in total. The van der Waals surface area contributed by atoms with Crippen molar-refractivity contribution >= 4 is 0 Å². The van der Waals surface area contributed by atoms with E-state index in [0.717, 1.165) is 12.1 Å². The van der Waals surface area contributed by atoms with Crippen molar-refractivity contribution in [1.82, 2.24) is 5.32 Å². The average molecular weight is 285 g/mol. The molecule has 0 fully saturated rings. The highest BCUT2D eigenvalue weighted by atomic mass is 19.1. The molecule has 0 saturated heterocycles. The van der Waals surface area contributed by atoms with Crippen LogP contribution < -0.4 is 5.32 Å². The molecule has 0 heterocycles. The standard InChI is InChI=1S/C19H24FN/c1-6-21-19(16-9-7-8-10-17(16)20)18-14(4)12(2)11-13(3)15(18)5/h7-11,19,21H,6H2,1-5H3. The molecule has 2 aromatic rings. The van der Waals surface area contributed by atoms with Crippen molar-refractivity contribution in [3.8, 4) is 0 Å². The molecule has 1 N–H and O–H groups in total. The van der Waals surface area contributed by atoms with Crippen LogP contribution in [-0.4, -0.2) is 6.54 Å². The van der Waals surface area contributed by atoms with Crippen molar-refractivity contribution in [3.05, 3.63) is 69.5 Å². The van der Waals surface area contributed by atoms with Gasteiger partial charge in [0.05, 0.1) is 6.04 Å². The number of rotatable bonds is 4. The minimum atomic E-state index is -0.151. The summed E-state index contributed by atoms with van der Waals surface area (Å²) in [6.07, 6.45) is 0. The Morgan fingerprint density at radius 2 is 1.57 bits per heavy atom. The van der Waals surface area contributed by atoms with Crippen LogP contribution in [0.3, 0.4) is 0 Å². The monoisotopic (exact) mass is 285 g/mol. The highest BCUT2D eigenvalue weighted by Gasteiger charge is 2.22. The molecule has 0 aliphatic carbocycles. The predicted octanol–water partition coefficient (Wildman–Crippen LogP) is 4.76. The van der Waals surface area contributed by atoms with Gasteiger partial charge in [-0.25, -0.2) is 4.39 Å². The molecule has 1 unspecified atom stereocenters. The van der Waals surface area contributed by atoms with E-state index in [1.165, 1.54) is 33.9 Å². The zero-order valence-electron chi connectivity index (χ0n) is 13.5. The second-order valence-corrected chi connectivity index (χ2v) is 5.69. The second kappa shape index (κ2) is 6.40. The Hall–Kier alpha value is -1.67. The van der Waals surface area contributed by atoms with E-state index in [9.17, 15) is 4.39 Å². The fourth-order valence-corrected chi connectivity index (χ4v) is 2.96. The maximum absolute atomic E-state index is 14.3. The van der Waals surface area contributed by atoms with E-state index in [1.807, 2.05) is 12.1 Å². The summed E-state index contributed by atoms with van der Waals surface area (Å²) in [5.41, 5.74) is 6.93. The highest BCUT2D eigenvalue weighted by Crippen LogP contribution is 2.32. The SMILES string of the molecule is CCNC(c1ccccc1F)c1c(C)c(C)cc(C)c1C. The maximum atomic E-state index is 14.3. The summed E-state index contributed by atoms with van der Waals surface area (Å²) in [4.78, 5) is 0. The number of aryl methyl sites for hydroxylation is 2. The Morgan fingerprint density at radius 1 is 1.00 bits per heavy atom. The molecule has 0 saturated carbocycles. The molecule has 2 aromatic carbocycles. The Kier molecular flexibility index (Phi) is 4.79. The number of nitrogens with one attached hydrogen (secondary N) is 1. The summed E-state index contributed by atoms with van der Waals surface area (Å²) in [6, 6.07) is 9.15. The van der Waals surface area contributed by atoms with E-state index < -0.39 is 0 Å². The molecular weight excluding hydrogens is 261 g/mol. The quantitative estimate of drug-likeness (QED) is 0.854. The van der Waals surface area contributed by atoms with Gasteiger partial charge in [0.1, 0.15) is 5.82 Å². The van der Waals surface area contributed by atoms with Crippen LogP contribution in [0, 0.1) is 33.5 Å². The van der Waals surface area contributed by atoms with Crippen LogP contribution in [-0.2, 0) is 0 Å². The van der Waals surface area contributed by atoms with Crippen LogP contribution in [0.2, 0.25) is 0 Å². The third-order valence-corrected chi connectivity index (χ3v) is 4.34. The first-order valence-electron chi connectivity index (χ1n) is 7.52. The van der Waals surface area contributed by atoms with E-state index in [-0.39, 0.29) is 11.9 Å². The summed E-state index contributed by atoms with van der Waals surface area (Å²) < 4.78 is 14.3. The molecule has 21 heavy (non-hydrogen) atoms. The van der Waals surface area contributed by atoms with Gasteiger partial charge < -0.3 is 5.32 Å². The fraction of sp³-hybridized carbons (Fsp3) is 0.368. The Balaban J connectivity index is 2.67. The van der Waals surface area contributed by atoms with Gasteiger partial charge in [0.25, 0.3) is 0 Å². The third kappa shape index (κ3) is 3.01. The molecule has 0 aliphatic rings. The highest BCUT2D eigenvalue weighted by molar-refractivity contribution is 5.49. The van der Waals surface area contributed by atoms with Gasteiger partial charge in [-0.1, -0.05) is 31.2 Å². The van der Waals surface area contributed by atoms with Crippen molar-refractivity contribution in [3.63, 3.8) is 0 Å². The van der Waals surface area contributed by atoms with Crippen LogP contribution >= 0.6 is 0 Å². The summed E-state index contributed by atoms with van der Waals surface area (Å²) in [5, 5.41) is 3.45. The molecule has 2 rings (SSSR count). The van der Waals surface area contributed by atoms with Gasteiger partial charge in [-0.3, -0.25) is 0 Å². The van der Waals surface area contributed by atoms with Gasteiger partial charge in [-0.05, 0) is 68.1 Å². The molecule has 2 heteroatoms. The van der Waals surface area contributed by atoms with Gasteiger partial charge in [0, 0.05) is 5.56 Å². The number of hydrogen-bond donors (Lipinski definition) is 1. The normalized spacial score (nSPS) is 12.5. The zero-order valence-corrected chi connectivity index (χ0v) is 13.5. The van der Waals surface area contributed by atoms with Crippen molar-refractivity contribution in [2.45, 2.75) is 40.7 Å². The van der Waals surface area contributed by atoms with Crippen LogP contribution in [0.15, 0.2) is 30.3 Å². The van der Waals surface area contributed by atoms with E-state index >= 15 is 0 Å². The molecule has 0 bridgehead atoms. The fourth-order valence-electron chi connectivity index (χ4n) is 2.96. The van der Waals surface area contributed by atoms with E-state index in [2.05, 4.69) is 46.0 Å². The van der Waals surface area contributed by atoms with E-state index in [0.29, 0.717) is 0 Å². The first kappa shape index (κ1) is 15.7. The van der Waals surface area contributed by atoms with E-state index in [1.54, 1.807) is 6.07 Å². The smallest absolute Gasteiger partial charge is 0.128 e. The minimum absolute atomic E-state index is 0.102. The summed E-state index contributed by atoms with van der Waals surface area (Å²) in [7, 11) is 0. The Morgan fingerprint density at radius 3 is 2.10 bits per heavy atom. The molecular formula is C19H24FN. The van der Waals surface area contributed by atoms with Crippen LogP contribution in [0.5, 0.6) is 0 Å². The average Bonchev–Trinajstić information content (AvgIpc) is 2.45. The summed E-state index contributed by atoms with van der Waals surface area (Å²) >= 11 is 0. The Bertz CT molecular complexity index is 620. The van der Waals surface area contributed by atoms with Gasteiger partial charge in [-0.2, -0.15) is 0 Å². The third-order valence-electron chi connectivity index (χ3n) is 4.34. The molecule has 0 aliphatic heterocycles. The topological polar surface area (TPSA) is 12.0 Å². The molecule has 0 radical (unpaired) electrons. The van der Waals surface area contributed by atoms with Crippen molar-refractivity contribution in [2.24, 2.45) is 0 Å². The second-order valence-electron chi connectivity index (χ2n) is 5.69. The maximum Gasteiger partial charge on any atom is 0.128 e. The van der Waals surface area contributed by atoms with Crippen molar-refractivity contribution in [2.75, 3.05) is 6.54 Å². The molecule has 0 aromatic heterocycles. The van der Waals surface area contributed by atoms with Crippen LogP contribution in [0.4, 0.5) is 4.39 Å². The lowest BCUT2D eigenvalue weighted by molar-refractivity contribution is 0.556. The first-order valence-corrected chi connectivity index (χ1v) is 7.52. The largest absolute Gasteiger partial charge is 0.306 e. The van der Waals surface area contributed by atoms with E-state index in [4.69, 9.17) is 0 Å². The lowest BCUT2D eigenvalue weighted by Gasteiger charge is -2.25. The number of benzene rings is 2. The minimum Gasteiger partial charge on any atom is -0.306 e. The predicted molar refractivity (Wildman–Crippen MR) is 87.3 cm³/mol. The van der Waals surface area contributed by atoms with Crippen molar-refractivity contribution < 1.29 is 4.39 Å². The van der Waals surface area contributed by atoms with Crippen LogP contribution in [0.25, 0.3) is 0 Å². The Labute approximate surface area is 127 Å². The lowest BCUT2D eigenvalue weighted by Crippen LogP contribution is -2.25. The van der Waals surface area contributed by atoms with Gasteiger partial charge in [0.15, 0.2) is 0 Å². The summed E-state index contributed by atoms with van der Waals surface area (Å²) in [6.45, 7) is 11.3. The molecule has 0 amide bonds. The number of halogens is 1. The lowest BCUT2D eigenvalue weighted by atomic mass is 9.86. The molecule has 0 spiro atoms. The van der Waals surface area contributed by atoms with Crippen LogP contribution in [0.1, 0.15) is 46.3 Å².